The van der Waals surface area contributed by atoms with Crippen LogP contribution in [0, 0.1) is 62.3 Å². The first kappa shape index (κ1) is 74.8. The normalized spacial score (nSPS) is 14.0. The van der Waals surface area contributed by atoms with Gasteiger partial charge in [0.25, 0.3) is 23.3 Å². The van der Waals surface area contributed by atoms with Crippen LogP contribution in [0.1, 0.15) is 93.0 Å². The fourth-order valence-corrected chi connectivity index (χ4v) is 10.9. The molecule has 0 saturated carbocycles. The molecule has 8 heterocycles. The Bertz CT molecular complexity index is 4360. The third-order valence-corrected chi connectivity index (χ3v) is 13.9. The van der Waals surface area contributed by atoms with Crippen molar-refractivity contribution in [1.82, 2.24) is 9.13 Å². The number of hydrogen-bond acceptors (Lipinski definition) is 19. The van der Waals surface area contributed by atoms with E-state index in [0.29, 0.717) is 18.8 Å². The first-order chi connectivity index (χ1) is 38.1. The van der Waals surface area contributed by atoms with Crippen molar-refractivity contribution < 1.29 is 201 Å². The number of carboxylic acid groups (broad SMARTS) is 2. The molecule has 2 N–H and O–H groups in total. The summed E-state index contributed by atoms with van der Waals surface area (Å²) in [7, 11) is -11.8. The Hall–Kier alpha value is -3.64. The molecule has 13 rings (SSSR count). The number of carbonyl (C=O) groups is 2. The molecule has 0 saturated heterocycles. The molecule has 0 aliphatic carbocycles. The van der Waals surface area contributed by atoms with E-state index in [1.165, 1.54) is 56.6 Å². The molecule has 0 bridgehead atoms. The maximum Gasteiger partial charge on any atom is 1.00 e. The van der Waals surface area contributed by atoms with Gasteiger partial charge in [0, 0.05) is 37.1 Å². The Morgan fingerprint density at radius 2 is 0.814 bits per heavy atom. The fraction of sp³-hybridized carbons (Fsp3) is 0.259. The molecule has 0 amide bonds. The van der Waals surface area contributed by atoms with Crippen LogP contribution in [-0.4, -0.2) is 128 Å². The molecule has 7 aromatic rings. The first-order valence-corrected chi connectivity index (χ1v) is 30.9. The van der Waals surface area contributed by atoms with Crippen molar-refractivity contribution in [3.63, 3.8) is 0 Å². The summed E-state index contributed by atoms with van der Waals surface area (Å²) >= 11 is 0.867. The van der Waals surface area contributed by atoms with Crippen molar-refractivity contribution in [3.8, 4) is 0 Å². The van der Waals surface area contributed by atoms with Gasteiger partial charge in [-0.3, -0.25) is 5.04 Å². The van der Waals surface area contributed by atoms with Gasteiger partial charge in [0.1, 0.15) is 0 Å². The number of aliphatic imine (C=N–C) groups is 2. The van der Waals surface area contributed by atoms with E-state index in [0.717, 1.165) is 107 Å². The summed E-state index contributed by atoms with van der Waals surface area (Å²) in [5.74, 6) is 2.18. The number of hydrogen-bond donors (Lipinski definition) is 2. The number of benzene rings is 5. The molecule has 5 aromatic carbocycles. The van der Waals surface area contributed by atoms with Crippen LogP contribution < -0.4 is 134 Å². The van der Waals surface area contributed by atoms with Crippen molar-refractivity contribution in [2.45, 2.75) is 68.2 Å². The molecule has 24 nitrogen and oxygen atoms in total. The molecule has 86 heavy (non-hydrogen) atoms. The number of aromatic nitrogens is 2. The molecule has 6 aliphatic rings. The summed E-state index contributed by atoms with van der Waals surface area (Å²) in [6.45, 7) is 19.4. The second-order valence-electron chi connectivity index (χ2n) is 19.8. The minimum atomic E-state index is -3.92. The van der Waals surface area contributed by atoms with Crippen LogP contribution in [-0.2, 0) is 45.6 Å². The van der Waals surface area contributed by atoms with E-state index >= 15 is 0 Å². The zero-order valence-corrected chi connectivity index (χ0v) is 61.4. The fourth-order valence-electron chi connectivity index (χ4n) is 10.9. The van der Waals surface area contributed by atoms with Crippen molar-refractivity contribution in [2.75, 3.05) is 25.0 Å². The van der Waals surface area contributed by atoms with Crippen LogP contribution in [0.3, 0.4) is 0 Å². The van der Waals surface area contributed by atoms with Gasteiger partial charge in [-0.15, -0.1) is 9.15 Å². The largest absolute Gasteiger partial charge is 1.00 e. The number of amidine groups is 4. The predicted octanol–water partition coefficient (Wildman–Crippen LogP) is -7.45. The smallest absolute Gasteiger partial charge is 0.748 e. The van der Waals surface area contributed by atoms with Crippen LogP contribution in [0.25, 0.3) is 21.5 Å². The summed E-state index contributed by atoms with van der Waals surface area (Å²) in [6.07, 6.45) is 3.39. The third kappa shape index (κ3) is 13.8. The number of aryl methyl sites for hydroxylation is 9. The van der Waals surface area contributed by atoms with Gasteiger partial charge in [-0.1, -0.05) is 80.1 Å². The quantitative estimate of drug-likeness (QED) is 0.0413. The van der Waals surface area contributed by atoms with Crippen molar-refractivity contribution in [3.05, 3.63) is 161 Å². The number of aromatic carboxylic acids is 2. The van der Waals surface area contributed by atoms with Gasteiger partial charge in [-0.25, -0.2) is 34.8 Å². The summed E-state index contributed by atoms with van der Waals surface area (Å²) in [5, 5.41) is 33.6. The van der Waals surface area contributed by atoms with Gasteiger partial charge in [-0.05, 0) is 119 Å². The van der Waals surface area contributed by atoms with Gasteiger partial charge >= 0.3 is 136 Å². The minimum Gasteiger partial charge on any atom is -0.748 e. The van der Waals surface area contributed by atoms with Crippen molar-refractivity contribution in [1.29, 1.82) is 0 Å². The molecule has 0 unspecified atom stereocenters. The summed E-state index contributed by atoms with van der Waals surface area (Å²) in [4.78, 5) is 44.0. The van der Waals surface area contributed by atoms with E-state index in [9.17, 15) is 9.59 Å². The standard InChI is InChI=1S/C41H32N8.C9H8O4.4CH4O3S.4Na/c1-17-9-10-18(2)26-25(17)33-42-35-27-19(3)11-12-20(4)28(27)37-44-39-31-23(7)15-16-24(8)32(31)40-45-38-30-22(6)14-13-21(5)29(30)36-43-34(26)46(33)41(47(35)37,48(36)38)49(39)40;1-5-2-3-6(8(10)11)7(4-5)9(12)13;3*1-5(2,3)4;1-5-4-3-2;;;;/h9-16H,1-8H3;2-4H,1H3,(H,10,11)(H,12,13);3*1H3,(H,2,3,4);2H,1H3;;;;/q+2;;;;;;4*+1/p-4. The maximum atomic E-state index is 10.6. The van der Waals surface area contributed by atoms with Gasteiger partial charge in [0.2, 0.25) is 22.6 Å². The SMILES string of the molecule is CS(=O)(=O)[O-].CS(=O)(=O)[O-].CS(=O)(=O)[O-].CSOO[O-].Cc1ccc(C(=O)O)c(C(=O)O)c1.Cc1ccc(C)c2c1C1=Nc3c4c(C)ccc(C)c4c4n3C35n6c(c7c(C)ccc(C)c7c6=NC6=[N+]3C(=N4)c3c(C)ccc(C)c36)=NC2=[N+]15.[Na+].[Na+].[Na+].[Na+]. The molecule has 0 radical (unpaired) electrons. The summed E-state index contributed by atoms with van der Waals surface area (Å²) in [5.41, 5.74) is 16.4. The predicted molar refractivity (Wildman–Crippen MR) is 299 cm³/mol. The molecule has 0 atom stereocenters. The van der Waals surface area contributed by atoms with E-state index in [2.05, 4.69) is 132 Å². The minimum absolute atomic E-state index is 0. The van der Waals surface area contributed by atoms with E-state index in [-0.39, 0.29) is 129 Å². The summed E-state index contributed by atoms with van der Waals surface area (Å²) < 4.78 is 95.1. The monoisotopic (exact) mass is 1290 g/mol. The van der Waals surface area contributed by atoms with Gasteiger partial charge in [0.15, 0.2) is 0 Å². The molecule has 1 spiro atoms. The van der Waals surface area contributed by atoms with Gasteiger partial charge < -0.3 is 29.1 Å². The van der Waals surface area contributed by atoms with Crippen LogP contribution >= 0.6 is 12.0 Å². The topological polar surface area (TPSA) is 353 Å². The molecule has 6 aliphatic heterocycles. The first-order valence-electron chi connectivity index (χ1n) is 24.3. The van der Waals surface area contributed by atoms with Crippen molar-refractivity contribution in [2.24, 2.45) is 20.0 Å². The average molecular weight is 1290 g/mol. The van der Waals surface area contributed by atoms with E-state index in [1.807, 2.05) is 0 Å². The number of fused-ring (bicyclic) bond motifs is 12. The van der Waals surface area contributed by atoms with Crippen LogP contribution in [0.2, 0.25) is 0 Å². The van der Waals surface area contributed by atoms with E-state index < -0.39 is 48.2 Å². The Kier molecular flexibility index (Phi) is 24.2. The van der Waals surface area contributed by atoms with Gasteiger partial charge in [-0.2, -0.15) is 13.5 Å². The maximum absolute atomic E-state index is 10.6. The molecule has 2 aromatic heterocycles. The Balaban J connectivity index is 0.000000356. The van der Waals surface area contributed by atoms with Crippen LogP contribution in [0.5, 0.6) is 0 Å². The Labute approximate surface area is 588 Å². The molecule has 0 fully saturated rings. The number of rotatable bonds is 4. The summed E-state index contributed by atoms with van der Waals surface area (Å²) in [6, 6.07) is 22.0. The molecular weight excluding hydrogens is 1240 g/mol. The second kappa shape index (κ2) is 27.8. The zero-order valence-electron chi connectivity index (χ0n) is 50.2. The van der Waals surface area contributed by atoms with Crippen LogP contribution in [0.15, 0.2) is 86.7 Å². The Morgan fingerprint density at radius 3 is 1.12 bits per heavy atom. The molecular formula is C54H52N8Na4O16S4+2. The second-order valence-corrected chi connectivity index (χ2v) is 24.5. The van der Waals surface area contributed by atoms with E-state index in [4.69, 9.17) is 74.4 Å². The number of carboxylic acids is 2. The van der Waals surface area contributed by atoms with E-state index in [1.54, 1.807) is 19.2 Å². The molecule has 430 valence electrons. The average Bonchev–Trinajstić information content (AvgIpc) is 1.43. The number of nitrogens with zero attached hydrogens (tertiary/aromatic N) is 8. The molecule has 32 heteroatoms. The Morgan fingerprint density at radius 1 is 0.500 bits per heavy atom. The van der Waals surface area contributed by atoms with Crippen LogP contribution in [0.4, 0.5) is 11.6 Å². The van der Waals surface area contributed by atoms with Crippen molar-refractivity contribution >= 4 is 111 Å². The zero-order chi connectivity index (χ0) is 60.8. The van der Waals surface area contributed by atoms with Gasteiger partial charge in [0.05, 0.1) is 85.3 Å². The third-order valence-electron chi connectivity index (χ3n) is 13.8.